The fourth-order valence-electron chi connectivity index (χ4n) is 5.12. The molecule has 0 amide bonds. The van der Waals surface area contributed by atoms with Crippen LogP contribution in [-0.4, -0.2) is 44.4 Å². The number of carbonyl (C=O) groups is 3. The molecule has 0 fully saturated rings. The Bertz CT molecular complexity index is 609. The van der Waals surface area contributed by atoms with Crippen LogP contribution < -0.4 is 0 Å². The maximum atomic E-state index is 10.3. The van der Waals surface area contributed by atoms with Crippen molar-refractivity contribution in [2.24, 2.45) is 0 Å². The smallest absolute Gasteiger partial charge is 0.332 e. The van der Waals surface area contributed by atoms with E-state index >= 15 is 0 Å². The lowest BCUT2D eigenvalue weighted by atomic mass is 10.0. The summed E-state index contributed by atoms with van der Waals surface area (Å²) in [6.07, 6.45) is 36.6. The Balaban J connectivity index is -0.000000650. The summed E-state index contributed by atoms with van der Waals surface area (Å²) in [5, 5.41) is 33.3. The number of carboxylic acids is 3. The van der Waals surface area contributed by atoms with Crippen LogP contribution in [0.25, 0.3) is 0 Å². The van der Waals surface area contributed by atoms with Crippen molar-refractivity contribution in [1.29, 1.82) is 0 Å². The van der Waals surface area contributed by atoms with Crippen molar-refractivity contribution >= 4 is 17.9 Å². The zero-order valence-corrected chi connectivity index (χ0v) is 30.0. The molecule has 0 saturated carbocycles. The van der Waals surface area contributed by atoms with E-state index in [1.54, 1.807) is 6.92 Å². The lowest BCUT2D eigenvalue weighted by Gasteiger charge is -2.03. The molecule has 0 aliphatic carbocycles. The number of aliphatic hydroxyl groups excluding tert-OH is 1. The molecule has 0 spiro atoms. The highest BCUT2D eigenvalue weighted by molar-refractivity contribution is 5.71. The molecule has 0 aliphatic heterocycles. The highest BCUT2D eigenvalue weighted by Crippen LogP contribution is 2.14. The van der Waals surface area contributed by atoms with Crippen LogP contribution >= 0.6 is 0 Å². The minimum absolute atomic E-state index is 0.273. The Labute approximate surface area is 278 Å². The summed E-state index contributed by atoms with van der Waals surface area (Å²) in [7, 11) is 0. The minimum atomic E-state index is -1.18. The van der Waals surface area contributed by atoms with Crippen LogP contribution in [0.1, 0.15) is 220 Å². The van der Waals surface area contributed by atoms with Gasteiger partial charge in [-0.15, -0.1) is 0 Å². The predicted molar refractivity (Wildman–Crippen MR) is 189 cm³/mol. The first-order chi connectivity index (χ1) is 21.7. The van der Waals surface area contributed by atoms with Crippen LogP contribution in [0, 0.1) is 0 Å². The van der Waals surface area contributed by atoms with Crippen molar-refractivity contribution in [1.82, 2.24) is 0 Å². The van der Waals surface area contributed by atoms with Crippen LogP contribution in [0.2, 0.25) is 0 Å². The monoisotopic (exact) mass is 645 g/mol. The van der Waals surface area contributed by atoms with E-state index in [-0.39, 0.29) is 6.42 Å². The number of unbranched alkanes of at least 4 members (excludes halogenated alkanes) is 26. The molecule has 45 heavy (non-hydrogen) atoms. The fraction of sp³-hybridized carbons (Fsp3) is 0.921. The van der Waals surface area contributed by atoms with Crippen molar-refractivity contribution in [3.8, 4) is 0 Å². The number of hydrogen-bond donors (Lipinski definition) is 4. The maximum Gasteiger partial charge on any atom is 0.332 e. The zero-order valence-electron chi connectivity index (χ0n) is 30.0. The Kier molecular flexibility index (Phi) is 45.0. The van der Waals surface area contributed by atoms with E-state index < -0.39 is 24.0 Å². The normalized spacial score (nSPS) is 11.2. The zero-order chi connectivity index (χ0) is 34.2. The van der Waals surface area contributed by atoms with Gasteiger partial charge in [0.1, 0.15) is 0 Å². The van der Waals surface area contributed by atoms with Gasteiger partial charge in [0.15, 0.2) is 6.10 Å². The summed E-state index contributed by atoms with van der Waals surface area (Å²) >= 11 is 0. The lowest BCUT2D eigenvalue weighted by molar-refractivity contribution is -0.146. The van der Waals surface area contributed by atoms with Crippen molar-refractivity contribution in [3.05, 3.63) is 0 Å². The summed E-state index contributed by atoms with van der Waals surface area (Å²) in [4.78, 5) is 30.3. The highest BCUT2D eigenvalue weighted by Gasteiger charge is 2.07. The van der Waals surface area contributed by atoms with Gasteiger partial charge in [-0.1, -0.05) is 188 Å². The van der Waals surface area contributed by atoms with Crippen molar-refractivity contribution in [2.75, 3.05) is 0 Å². The molecule has 0 heterocycles. The topological polar surface area (TPSA) is 132 Å². The largest absolute Gasteiger partial charge is 0.481 e. The Morgan fingerprint density at radius 2 is 0.578 bits per heavy atom. The van der Waals surface area contributed by atoms with Crippen LogP contribution in [0.4, 0.5) is 0 Å². The van der Waals surface area contributed by atoms with Gasteiger partial charge in [0.05, 0.1) is 0 Å². The first-order valence-electron chi connectivity index (χ1n) is 19.1. The van der Waals surface area contributed by atoms with Crippen molar-refractivity contribution in [2.45, 2.75) is 226 Å². The molecule has 4 N–H and O–H groups in total. The summed E-state index contributed by atoms with van der Waals surface area (Å²) in [5.41, 5.74) is 0. The third-order valence-corrected chi connectivity index (χ3v) is 8.16. The molecule has 0 saturated heterocycles. The van der Waals surface area contributed by atoms with E-state index in [0.29, 0.717) is 12.8 Å². The van der Waals surface area contributed by atoms with Crippen LogP contribution in [0.3, 0.4) is 0 Å². The second-order valence-corrected chi connectivity index (χ2v) is 12.7. The molecule has 0 bridgehead atoms. The maximum absolute atomic E-state index is 10.3. The average molecular weight is 645 g/mol. The van der Waals surface area contributed by atoms with E-state index in [1.165, 1.54) is 154 Å². The minimum Gasteiger partial charge on any atom is -0.481 e. The van der Waals surface area contributed by atoms with E-state index in [1.807, 2.05) is 0 Å². The molecule has 1 atom stereocenters. The molecule has 0 aromatic heterocycles. The van der Waals surface area contributed by atoms with Crippen molar-refractivity contribution in [3.63, 3.8) is 0 Å². The van der Waals surface area contributed by atoms with E-state index in [0.717, 1.165) is 25.7 Å². The van der Waals surface area contributed by atoms with E-state index in [9.17, 15) is 14.4 Å². The number of aliphatic hydroxyl groups is 1. The Hall–Kier alpha value is -1.63. The van der Waals surface area contributed by atoms with Gasteiger partial charge < -0.3 is 20.4 Å². The van der Waals surface area contributed by atoms with Crippen LogP contribution in [0.5, 0.6) is 0 Å². The predicted octanol–water partition coefficient (Wildman–Crippen LogP) is 11.7. The molecule has 1 unspecified atom stereocenters. The van der Waals surface area contributed by atoms with Crippen LogP contribution in [-0.2, 0) is 14.4 Å². The summed E-state index contributed by atoms with van der Waals surface area (Å²) in [5.74, 6) is -2.46. The molecule has 0 aliphatic rings. The summed E-state index contributed by atoms with van der Waals surface area (Å²) in [6.45, 7) is 6.14. The molecule has 7 heteroatoms. The first kappa shape index (κ1) is 47.8. The van der Waals surface area contributed by atoms with Gasteiger partial charge in [-0.2, -0.15) is 0 Å². The Morgan fingerprint density at radius 3 is 0.711 bits per heavy atom. The molecule has 0 radical (unpaired) electrons. The van der Waals surface area contributed by atoms with Crippen molar-refractivity contribution < 1.29 is 34.8 Å². The molecular formula is C38H76O7. The van der Waals surface area contributed by atoms with Gasteiger partial charge in [0, 0.05) is 12.8 Å². The van der Waals surface area contributed by atoms with Gasteiger partial charge in [0.2, 0.25) is 0 Å². The molecule has 0 aromatic carbocycles. The molecule has 7 nitrogen and oxygen atoms in total. The third-order valence-electron chi connectivity index (χ3n) is 8.16. The quantitative estimate of drug-likeness (QED) is 0.0535. The summed E-state index contributed by atoms with van der Waals surface area (Å²) in [6, 6.07) is 0. The highest BCUT2D eigenvalue weighted by atomic mass is 16.4. The number of hydrogen-bond acceptors (Lipinski definition) is 4. The average Bonchev–Trinajstić information content (AvgIpc) is 3.01. The van der Waals surface area contributed by atoms with Gasteiger partial charge >= 0.3 is 17.9 Å². The lowest BCUT2D eigenvalue weighted by Crippen LogP contribution is -2.17. The third kappa shape index (κ3) is 52.2. The van der Waals surface area contributed by atoms with Gasteiger partial charge in [0.25, 0.3) is 0 Å². The second-order valence-electron chi connectivity index (χ2n) is 12.7. The number of aliphatic carboxylic acids is 3. The molecular weight excluding hydrogens is 568 g/mol. The Morgan fingerprint density at radius 1 is 0.378 bits per heavy atom. The fourth-order valence-corrected chi connectivity index (χ4v) is 5.12. The second kappa shape index (κ2) is 42.4. The van der Waals surface area contributed by atoms with Crippen LogP contribution in [0.15, 0.2) is 0 Å². The number of carboxylic acid groups (broad SMARTS) is 3. The summed E-state index contributed by atoms with van der Waals surface area (Å²) < 4.78 is 0. The SMILES string of the molecule is CCC(O)C(=O)O.CCCCCCCCCCCCCCCC(=O)O.CCCCCCCCCCCCCCCCCC(=O)O. The first-order valence-corrected chi connectivity index (χ1v) is 19.1. The molecule has 270 valence electrons. The van der Waals surface area contributed by atoms with E-state index in [2.05, 4.69) is 13.8 Å². The number of rotatable bonds is 32. The standard InChI is InChI=1S/C18H36O2.C16H32O2.C4H8O3/c1-2-3-4-5-6-7-8-9-10-11-12-13-14-15-16-17-18(19)20;1-2-3-4-5-6-7-8-9-10-11-12-13-14-15-16(17)18;1-2-3(5)4(6)7/h2-17H2,1H3,(H,19,20);2-15H2,1H3,(H,17,18);3,5H,2H2,1H3,(H,6,7). The molecule has 0 rings (SSSR count). The van der Waals surface area contributed by atoms with E-state index in [4.69, 9.17) is 20.4 Å². The van der Waals surface area contributed by atoms with Gasteiger partial charge in [-0.05, 0) is 19.3 Å². The van der Waals surface area contributed by atoms with Gasteiger partial charge in [-0.3, -0.25) is 9.59 Å². The molecule has 0 aromatic rings. The van der Waals surface area contributed by atoms with Gasteiger partial charge in [-0.25, -0.2) is 4.79 Å².